The van der Waals surface area contributed by atoms with Gasteiger partial charge in [-0.1, -0.05) is 12.1 Å². The number of morpholine rings is 1. The number of aryl methyl sites for hydroxylation is 1. The van der Waals surface area contributed by atoms with Crippen molar-refractivity contribution in [3.8, 4) is 28.7 Å². The number of ether oxygens (including phenoxy) is 3. The lowest BCUT2D eigenvalue weighted by atomic mass is 9.86. The summed E-state index contributed by atoms with van der Waals surface area (Å²) in [5.74, 6) is 1.59. The van der Waals surface area contributed by atoms with Gasteiger partial charge in [-0.15, -0.1) is 0 Å². The molecule has 0 spiro atoms. The number of hydrogen-bond donors (Lipinski definition) is 1. The summed E-state index contributed by atoms with van der Waals surface area (Å²) in [5, 5.41) is 9.87. The summed E-state index contributed by atoms with van der Waals surface area (Å²) in [5.41, 5.74) is 10.4. The number of nitrogens with two attached hydrogens (primary N) is 1. The maximum Gasteiger partial charge on any atom is 0.169 e. The molecule has 0 bridgehead atoms. The third kappa shape index (κ3) is 4.07. The summed E-state index contributed by atoms with van der Waals surface area (Å²) in [7, 11) is 1.63. The SMILES string of the molecule is COc1cccc(-c2c(C#N)c(N)nc3c2CCCC3)c1OCCN1CCOCC1. The largest absolute Gasteiger partial charge is 0.493 e. The van der Waals surface area contributed by atoms with Crippen molar-refractivity contribution in [2.45, 2.75) is 25.7 Å². The molecule has 1 aliphatic heterocycles. The predicted molar refractivity (Wildman–Crippen MR) is 115 cm³/mol. The topological polar surface area (TPSA) is 93.6 Å². The van der Waals surface area contributed by atoms with Crippen molar-refractivity contribution in [1.82, 2.24) is 9.88 Å². The highest BCUT2D eigenvalue weighted by atomic mass is 16.5. The molecule has 0 atom stereocenters. The fourth-order valence-corrected chi connectivity index (χ4v) is 4.30. The number of anilines is 1. The van der Waals surface area contributed by atoms with Gasteiger partial charge in [0.05, 0.1) is 20.3 Å². The molecular formula is C23H28N4O3. The number of rotatable bonds is 6. The quantitative estimate of drug-likeness (QED) is 0.785. The maximum atomic E-state index is 9.87. The van der Waals surface area contributed by atoms with Gasteiger partial charge < -0.3 is 19.9 Å². The van der Waals surface area contributed by atoms with Crippen LogP contribution in [0.15, 0.2) is 18.2 Å². The standard InChI is InChI=1S/C23H28N4O3/c1-28-20-8-4-6-17(22(20)30-14-11-27-9-12-29-13-10-27)21-16-5-2-3-7-19(16)26-23(25)18(21)15-24/h4,6,8H,2-3,5,7,9-14H2,1H3,(H2,25,26). The molecule has 158 valence electrons. The first-order chi connectivity index (χ1) is 14.7. The molecule has 0 radical (unpaired) electrons. The molecule has 1 aliphatic carbocycles. The van der Waals surface area contributed by atoms with Gasteiger partial charge in [0.1, 0.15) is 24.1 Å². The Morgan fingerprint density at radius 1 is 1.23 bits per heavy atom. The molecule has 2 aromatic rings. The van der Waals surface area contributed by atoms with E-state index in [1.807, 2.05) is 18.2 Å². The van der Waals surface area contributed by atoms with Gasteiger partial charge in [-0.2, -0.15) is 5.26 Å². The van der Waals surface area contributed by atoms with Crippen molar-refractivity contribution in [1.29, 1.82) is 5.26 Å². The molecule has 7 heteroatoms. The van der Waals surface area contributed by atoms with Crippen LogP contribution in [0, 0.1) is 11.3 Å². The molecule has 0 unspecified atom stereocenters. The number of benzene rings is 1. The Hall–Kier alpha value is -2.82. The maximum absolute atomic E-state index is 9.87. The van der Waals surface area contributed by atoms with E-state index in [2.05, 4.69) is 16.0 Å². The summed E-state index contributed by atoms with van der Waals surface area (Å²) in [4.78, 5) is 6.86. The van der Waals surface area contributed by atoms with Crippen LogP contribution in [0.1, 0.15) is 29.7 Å². The molecule has 1 saturated heterocycles. The van der Waals surface area contributed by atoms with Gasteiger partial charge >= 0.3 is 0 Å². The van der Waals surface area contributed by atoms with E-state index in [1.165, 1.54) is 0 Å². The van der Waals surface area contributed by atoms with E-state index in [0.29, 0.717) is 23.7 Å². The van der Waals surface area contributed by atoms with Crippen LogP contribution >= 0.6 is 0 Å². The van der Waals surface area contributed by atoms with Crippen molar-refractivity contribution < 1.29 is 14.2 Å². The number of fused-ring (bicyclic) bond motifs is 1. The first-order valence-corrected chi connectivity index (χ1v) is 10.5. The molecule has 1 aromatic heterocycles. The molecule has 0 saturated carbocycles. The van der Waals surface area contributed by atoms with E-state index < -0.39 is 0 Å². The van der Waals surface area contributed by atoms with Crippen molar-refractivity contribution in [3.05, 3.63) is 35.0 Å². The van der Waals surface area contributed by atoms with E-state index in [1.54, 1.807) is 7.11 Å². The van der Waals surface area contributed by atoms with Crippen molar-refractivity contribution >= 4 is 5.82 Å². The number of nitrogens with zero attached hydrogens (tertiary/aromatic N) is 3. The van der Waals surface area contributed by atoms with Crippen molar-refractivity contribution in [2.75, 3.05) is 52.3 Å². The second-order valence-corrected chi connectivity index (χ2v) is 7.63. The van der Waals surface area contributed by atoms with Gasteiger partial charge in [-0.3, -0.25) is 4.90 Å². The second-order valence-electron chi connectivity index (χ2n) is 7.63. The van der Waals surface area contributed by atoms with Crippen LogP contribution in [-0.4, -0.2) is 56.4 Å². The van der Waals surface area contributed by atoms with E-state index in [9.17, 15) is 5.26 Å². The molecule has 1 fully saturated rings. The normalized spacial score (nSPS) is 16.5. The summed E-state index contributed by atoms with van der Waals surface area (Å²) >= 11 is 0. The Kier molecular flexibility index (Phi) is 6.36. The van der Waals surface area contributed by atoms with Crippen LogP contribution in [0.2, 0.25) is 0 Å². The predicted octanol–water partition coefficient (Wildman–Crippen LogP) is 2.80. The molecular weight excluding hydrogens is 380 g/mol. The Morgan fingerprint density at radius 2 is 2.03 bits per heavy atom. The Morgan fingerprint density at radius 3 is 2.80 bits per heavy atom. The molecule has 4 rings (SSSR count). The smallest absolute Gasteiger partial charge is 0.169 e. The van der Waals surface area contributed by atoms with E-state index >= 15 is 0 Å². The van der Waals surface area contributed by atoms with Crippen molar-refractivity contribution in [2.24, 2.45) is 0 Å². The first kappa shape index (κ1) is 20.5. The Labute approximate surface area is 177 Å². The van der Waals surface area contributed by atoms with Crippen LogP contribution < -0.4 is 15.2 Å². The number of para-hydroxylation sites is 1. The van der Waals surface area contributed by atoms with Gasteiger partial charge in [0.15, 0.2) is 11.5 Å². The summed E-state index contributed by atoms with van der Waals surface area (Å²) in [6.45, 7) is 4.67. The van der Waals surface area contributed by atoms with Gasteiger partial charge in [0.25, 0.3) is 0 Å². The minimum atomic E-state index is 0.287. The first-order valence-electron chi connectivity index (χ1n) is 10.5. The fraction of sp³-hybridized carbons (Fsp3) is 0.478. The lowest BCUT2D eigenvalue weighted by Gasteiger charge is -2.27. The van der Waals surface area contributed by atoms with Gasteiger partial charge in [-0.25, -0.2) is 4.98 Å². The molecule has 7 nitrogen and oxygen atoms in total. The summed E-state index contributed by atoms with van der Waals surface area (Å²) in [6, 6.07) is 8.07. The molecule has 1 aromatic carbocycles. The van der Waals surface area contributed by atoms with E-state index in [4.69, 9.17) is 19.9 Å². The average molecular weight is 409 g/mol. The number of pyridine rings is 1. The molecule has 0 amide bonds. The number of hydrogen-bond acceptors (Lipinski definition) is 7. The highest BCUT2D eigenvalue weighted by Crippen LogP contribution is 2.43. The number of nitrogen functional groups attached to an aromatic ring is 1. The Bertz CT molecular complexity index is 948. The van der Waals surface area contributed by atoms with Gasteiger partial charge in [0, 0.05) is 36.5 Å². The third-order valence-electron chi connectivity index (χ3n) is 5.84. The highest BCUT2D eigenvalue weighted by Gasteiger charge is 2.25. The lowest BCUT2D eigenvalue weighted by Crippen LogP contribution is -2.38. The number of methoxy groups -OCH3 is 1. The lowest BCUT2D eigenvalue weighted by molar-refractivity contribution is 0.0321. The summed E-state index contributed by atoms with van der Waals surface area (Å²) < 4.78 is 17.3. The van der Waals surface area contributed by atoms with Gasteiger partial charge in [0.2, 0.25) is 0 Å². The van der Waals surface area contributed by atoms with E-state index in [-0.39, 0.29) is 5.82 Å². The molecule has 2 aliphatic rings. The summed E-state index contributed by atoms with van der Waals surface area (Å²) in [6.07, 6.45) is 3.94. The number of aromatic nitrogens is 1. The van der Waals surface area contributed by atoms with Crippen molar-refractivity contribution in [3.63, 3.8) is 0 Å². The van der Waals surface area contributed by atoms with Crippen LogP contribution in [0.25, 0.3) is 11.1 Å². The molecule has 2 N–H and O–H groups in total. The van der Waals surface area contributed by atoms with Crippen LogP contribution in [0.3, 0.4) is 0 Å². The Balaban J connectivity index is 1.72. The minimum Gasteiger partial charge on any atom is -0.493 e. The minimum absolute atomic E-state index is 0.287. The average Bonchev–Trinajstić information content (AvgIpc) is 2.79. The zero-order valence-electron chi connectivity index (χ0n) is 17.4. The van der Waals surface area contributed by atoms with Crippen LogP contribution in [-0.2, 0) is 17.6 Å². The molecule has 30 heavy (non-hydrogen) atoms. The van der Waals surface area contributed by atoms with E-state index in [0.717, 1.165) is 80.9 Å². The van der Waals surface area contributed by atoms with Gasteiger partial charge in [-0.05, 0) is 37.3 Å². The number of nitriles is 1. The third-order valence-corrected chi connectivity index (χ3v) is 5.84. The zero-order chi connectivity index (χ0) is 20.9. The van der Waals surface area contributed by atoms with Crippen LogP contribution in [0.5, 0.6) is 11.5 Å². The fourth-order valence-electron chi connectivity index (χ4n) is 4.30. The zero-order valence-corrected chi connectivity index (χ0v) is 17.4. The highest BCUT2D eigenvalue weighted by molar-refractivity contribution is 5.84. The second kappa shape index (κ2) is 9.33. The molecule has 2 heterocycles. The monoisotopic (exact) mass is 408 g/mol. The van der Waals surface area contributed by atoms with Crippen LogP contribution in [0.4, 0.5) is 5.82 Å².